The van der Waals surface area contributed by atoms with Gasteiger partial charge in [-0.1, -0.05) is 161 Å². The average Bonchev–Trinajstić information content (AvgIpc) is 2.85. The molecular weight excluding hydrogens is 583 g/mol. The number of benzene rings is 2. The van der Waals surface area contributed by atoms with Crippen molar-refractivity contribution in [3.63, 3.8) is 0 Å². The molecule has 0 aromatic heterocycles. The first-order valence-electron chi connectivity index (χ1n) is 16.9. The second-order valence-corrected chi connectivity index (χ2v) is 20.3. The molecular formula is C42H63O3P. The van der Waals surface area contributed by atoms with Gasteiger partial charge in [0.1, 0.15) is 11.5 Å². The van der Waals surface area contributed by atoms with Crippen molar-refractivity contribution in [2.75, 3.05) is 0 Å². The van der Waals surface area contributed by atoms with Crippen molar-refractivity contribution in [2.45, 2.75) is 146 Å². The number of hydrogen-bond acceptors (Lipinski definition) is 3. The third kappa shape index (κ3) is 9.55. The van der Waals surface area contributed by atoms with Crippen molar-refractivity contribution in [1.29, 1.82) is 0 Å². The first-order chi connectivity index (χ1) is 20.6. The summed E-state index contributed by atoms with van der Waals surface area (Å²) in [6.07, 6.45) is 4.42. The normalized spacial score (nSPS) is 16.7. The van der Waals surface area contributed by atoms with E-state index in [1.54, 1.807) is 0 Å². The molecule has 0 N–H and O–H groups in total. The van der Waals surface area contributed by atoms with E-state index < -0.39 is 8.60 Å². The average molecular weight is 647 g/mol. The van der Waals surface area contributed by atoms with Crippen LogP contribution in [0.3, 0.4) is 0 Å². The minimum Gasteiger partial charge on any atom is -0.408 e. The van der Waals surface area contributed by atoms with Crippen LogP contribution in [0.5, 0.6) is 11.5 Å². The Kier molecular flexibility index (Phi) is 10.6. The third-order valence-corrected chi connectivity index (χ3v) is 9.66. The Balaban J connectivity index is 2.21. The van der Waals surface area contributed by atoms with Crippen LogP contribution in [-0.2, 0) is 26.2 Å². The highest BCUT2D eigenvalue weighted by Crippen LogP contribution is 2.52. The molecule has 1 unspecified atom stereocenters. The second-order valence-electron chi connectivity index (χ2n) is 19.3. The van der Waals surface area contributed by atoms with E-state index >= 15 is 0 Å². The smallest absolute Gasteiger partial charge is 0.408 e. The van der Waals surface area contributed by atoms with Gasteiger partial charge in [0.2, 0.25) is 0 Å². The van der Waals surface area contributed by atoms with E-state index in [0.29, 0.717) is 0 Å². The fourth-order valence-corrected chi connectivity index (χ4v) is 6.43. The van der Waals surface area contributed by atoms with E-state index in [4.69, 9.17) is 13.6 Å². The highest BCUT2D eigenvalue weighted by Gasteiger charge is 2.36. The molecule has 0 spiro atoms. The molecule has 4 heteroatoms. The monoisotopic (exact) mass is 646 g/mol. The van der Waals surface area contributed by atoms with Gasteiger partial charge in [0, 0.05) is 17.0 Å². The first kappa shape index (κ1) is 38.0. The van der Waals surface area contributed by atoms with Gasteiger partial charge in [0.25, 0.3) is 0 Å². The molecule has 0 heterocycles. The molecule has 3 nitrogen and oxygen atoms in total. The van der Waals surface area contributed by atoms with Gasteiger partial charge in [-0.05, 0) is 67.4 Å². The Labute approximate surface area is 283 Å². The van der Waals surface area contributed by atoms with E-state index in [0.717, 1.165) is 28.4 Å². The van der Waals surface area contributed by atoms with Crippen molar-refractivity contribution in [2.24, 2.45) is 16.7 Å². The van der Waals surface area contributed by atoms with Crippen molar-refractivity contribution >= 4 is 8.60 Å². The largest absolute Gasteiger partial charge is 0.530 e. The van der Waals surface area contributed by atoms with Gasteiger partial charge in [0.05, 0.1) is 0 Å². The minimum absolute atomic E-state index is 0.00653. The van der Waals surface area contributed by atoms with Gasteiger partial charge in [-0.25, -0.2) is 0 Å². The topological polar surface area (TPSA) is 27.7 Å². The van der Waals surface area contributed by atoms with Gasteiger partial charge < -0.3 is 13.6 Å². The number of allylic oxidation sites excluding steroid dienone is 2. The Morgan fingerprint density at radius 2 is 0.935 bits per heavy atom. The second kappa shape index (κ2) is 12.9. The first-order valence-corrected chi connectivity index (χ1v) is 18.0. The molecule has 1 aliphatic carbocycles. The summed E-state index contributed by atoms with van der Waals surface area (Å²) in [5, 5.41) is 0. The molecule has 0 fully saturated rings. The zero-order chi connectivity index (χ0) is 35.3. The quantitative estimate of drug-likeness (QED) is 0.231. The van der Waals surface area contributed by atoms with Crippen LogP contribution in [0.2, 0.25) is 0 Å². The van der Waals surface area contributed by atoms with Gasteiger partial charge >= 0.3 is 8.60 Å². The van der Waals surface area contributed by atoms with Crippen LogP contribution in [0, 0.1) is 16.7 Å². The molecule has 0 radical (unpaired) electrons. The lowest BCUT2D eigenvalue weighted by molar-refractivity contribution is 0.231. The lowest BCUT2D eigenvalue weighted by Gasteiger charge is -2.34. The van der Waals surface area contributed by atoms with Gasteiger partial charge in [-0.3, -0.25) is 0 Å². The van der Waals surface area contributed by atoms with Crippen LogP contribution < -0.4 is 9.05 Å². The minimum atomic E-state index is -1.90. The summed E-state index contributed by atoms with van der Waals surface area (Å²) in [6.45, 7) is 40.4. The van der Waals surface area contributed by atoms with Crippen molar-refractivity contribution < 1.29 is 13.6 Å². The zero-order valence-corrected chi connectivity index (χ0v) is 33.3. The molecule has 0 saturated heterocycles. The summed E-state index contributed by atoms with van der Waals surface area (Å²) >= 11 is 0. The molecule has 0 aliphatic heterocycles. The van der Waals surface area contributed by atoms with Crippen LogP contribution in [0.15, 0.2) is 65.6 Å². The Morgan fingerprint density at radius 3 is 1.26 bits per heavy atom. The molecule has 254 valence electrons. The number of rotatable bonds is 6. The van der Waals surface area contributed by atoms with Gasteiger partial charge in [-0.2, -0.15) is 0 Å². The standard InChI is InChI=1S/C42H63O3P/c1-37(2,3)28-19-22-34(31(25-28)40(10,11)12)43-46(44-35-23-20-29(38(4,5)6)26-32(35)41(13,14)15)45-36-24-21-30(39(7,8)9)27-33(36)42(16,17)18/h19-23,25-27,33H,1-18H3. The Bertz CT molecular complexity index is 1420. The summed E-state index contributed by atoms with van der Waals surface area (Å²) in [6, 6.07) is 13.1. The third-order valence-electron chi connectivity index (χ3n) is 8.62. The van der Waals surface area contributed by atoms with E-state index in [1.165, 1.54) is 16.7 Å². The summed E-state index contributed by atoms with van der Waals surface area (Å²) in [5.41, 5.74) is 9.26. The highest BCUT2D eigenvalue weighted by atomic mass is 31.2. The van der Waals surface area contributed by atoms with Crippen LogP contribution in [0.4, 0.5) is 0 Å². The lowest BCUT2D eigenvalue weighted by Crippen LogP contribution is -2.25. The molecule has 0 amide bonds. The predicted molar refractivity (Wildman–Crippen MR) is 199 cm³/mol. The molecule has 0 saturated carbocycles. The summed E-state index contributed by atoms with van der Waals surface area (Å²) < 4.78 is 20.7. The van der Waals surface area contributed by atoms with Crippen LogP contribution in [0.1, 0.15) is 147 Å². The summed E-state index contributed by atoms with van der Waals surface area (Å²) in [7, 11) is -1.90. The molecule has 1 aliphatic rings. The van der Waals surface area contributed by atoms with Gasteiger partial charge in [0.15, 0.2) is 5.76 Å². The maximum absolute atomic E-state index is 6.89. The molecule has 46 heavy (non-hydrogen) atoms. The van der Waals surface area contributed by atoms with Gasteiger partial charge in [-0.15, -0.1) is 0 Å². The Hall–Kier alpha value is -2.47. The van der Waals surface area contributed by atoms with Crippen molar-refractivity contribution in [3.8, 4) is 11.5 Å². The maximum atomic E-state index is 6.89. The molecule has 0 bridgehead atoms. The SMILES string of the molecule is CC(C)(C)C1=CC(C(C)(C)C)C(OP(Oc2ccc(C(C)(C)C)cc2C(C)(C)C)Oc2ccc(C(C)(C)C)cc2C(C)(C)C)=C=C1. The highest BCUT2D eigenvalue weighted by molar-refractivity contribution is 7.42. The van der Waals surface area contributed by atoms with E-state index in [-0.39, 0.29) is 38.4 Å². The predicted octanol–water partition coefficient (Wildman–Crippen LogP) is 13.3. The van der Waals surface area contributed by atoms with Crippen molar-refractivity contribution in [1.82, 2.24) is 0 Å². The fraction of sp³-hybridized carbons (Fsp3) is 0.595. The van der Waals surface area contributed by atoms with E-state index in [1.807, 2.05) is 0 Å². The van der Waals surface area contributed by atoms with Crippen LogP contribution in [-0.4, -0.2) is 0 Å². The van der Waals surface area contributed by atoms with E-state index in [2.05, 4.69) is 179 Å². The summed E-state index contributed by atoms with van der Waals surface area (Å²) in [5.74, 6) is 2.33. The molecule has 2 aromatic carbocycles. The summed E-state index contributed by atoms with van der Waals surface area (Å²) in [4.78, 5) is 0. The number of hydrogen-bond donors (Lipinski definition) is 0. The fourth-order valence-electron chi connectivity index (χ4n) is 5.36. The van der Waals surface area contributed by atoms with E-state index in [9.17, 15) is 0 Å². The van der Waals surface area contributed by atoms with Crippen molar-refractivity contribution in [3.05, 3.63) is 87.9 Å². The molecule has 3 rings (SSSR count). The molecule has 2 aromatic rings. The van der Waals surface area contributed by atoms with Crippen LogP contribution >= 0.6 is 8.60 Å². The Morgan fingerprint density at radius 1 is 0.522 bits per heavy atom. The van der Waals surface area contributed by atoms with Crippen LogP contribution in [0.25, 0.3) is 0 Å². The maximum Gasteiger partial charge on any atom is 0.530 e. The molecule has 1 atom stereocenters. The zero-order valence-electron chi connectivity index (χ0n) is 32.4. The lowest BCUT2D eigenvalue weighted by atomic mass is 9.74.